The summed E-state index contributed by atoms with van der Waals surface area (Å²) in [4.78, 5) is 25.3. The first kappa shape index (κ1) is 17.5. The van der Waals surface area contributed by atoms with Gasteiger partial charge in [-0.05, 0) is 28.1 Å². The van der Waals surface area contributed by atoms with Gasteiger partial charge in [0.05, 0.1) is 30.2 Å². The molecule has 1 amide bonds. The molecule has 0 heterocycles. The summed E-state index contributed by atoms with van der Waals surface area (Å²) in [6.07, 6.45) is 0.131. The normalized spacial score (nSPS) is 10.2. The van der Waals surface area contributed by atoms with E-state index in [1.165, 1.54) is 7.11 Å². The Bertz CT molecular complexity index is 508. The van der Waals surface area contributed by atoms with Gasteiger partial charge in [0.2, 0.25) is 0 Å². The molecule has 2 N–H and O–H groups in total. The van der Waals surface area contributed by atoms with Crippen molar-refractivity contribution < 1.29 is 19.1 Å². The van der Waals surface area contributed by atoms with Crippen LogP contribution in [0.1, 0.15) is 16.8 Å². The number of hydrogen-bond donors (Lipinski definition) is 1. The van der Waals surface area contributed by atoms with Crippen molar-refractivity contribution in [3.8, 4) is 0 Å². The van der Waals surface area contributed by atoms with Crippen molar-refractivity contribution in [2.24, 2.45) is 0 Å². The molecule has 0 aliphatic carbocycles. The number of benzene rings is 1. The van der Waals surface area contributed by atoms with E-state index < -0.39 is 0 Å². The summed E-state index contributed by atoms with van der Waals surface area (Å²) >= 11 is 3.32. The zero-order chi connectivity index (χ0) is 15.8. The second-order valence-corrected chi connectivity index (χ2v) is 5.11. The Hall–Kier alpha value is -1.60. The van der Waals surface area contributed by atoms with Crippen molar-refractivity contribution in [3.05, 3.63) is 28.2 Å². The average molecular weight is 359 g/mol. The number of nitrogens with zero attached hydrogens (tertiary/aromatic N) is 1. The highest BCUT2D eigenvalue weighted by Crippen LogP contribution is 2.25. The fraction of sp³-hybridized carbons (Fsp3) is 0.429. The van der Waals surface area contributed by atoms with E-state index in [-0.39, 0.29) is 24.8 Å². The highest BCUT2D eigenvalue weighted by Gasteiger charge is 2.20. The van der Waals surface area contributed by atoms with Crippen LogP contribution in [-0.2, 0) is 14.3 Å². The monoisotopic (exact) mass is 358 g/mol. The van der Waals surface area contributed by atoms with Crippen molar-refractivity contribution in [2.45, 2.75) is 6.42 Å². The number of amides is 1. The molecule has 0 saturated heterocycles. The molecule has 0 atom stereocenters. The number of anilines is 1. The molecule has 1 aromatic carbocycles. The van der Waals surface area contributed by atoms with Gasteiger partial charge in [0.1, 0.15) is 0 Å². The van der Waals surface area contributed by atoms with Crippen LogP contribution in [0, 0.1) is 0 Å². The third kappa shape index (κ3) is 5.02. The fourth-order valence-corrected chi connectivity index (χ4v) is 2.16. The van der Waals surface area contributed by atoms with E-state index in [2.05, 4.69) is 20.7 Å². The Morgan fingerprint density at radius 3 is 2.62 bits per heavy atom. The lowest BCUT2D eigenvalue weighted by Gasteiger charge is -2.22. The van der Waals surface area contributed by atoms with E-state index in [0.717, 1.165) is 0 Å². The molecule has 1 rings (SSSR count). The van der Waals surface area contributed by atoms with Crippen LogP contribution in [0.5, 0.6) is 0 Å². The number of nitrogen functional groups attached to an aromatic ring is 1. The van der Waals surface area contributed by atoms with Gasteiger partial charge in [-0.1, -0.05) is 6.07 Å². The Morgan fingerprint density at radius 1 is 1.29 bits per heavy atom. The highest BCUT2D eigenvalue weighted by atomic mass is 79.9. The smallest absolute Gasteiger partial charge is 0.307 e. The maximum atomic E-state index is 12.6. The predicted octanol–water partition coefficient (Wildman–Crippen LogP) is 1.68. The quantitative estimate of drug-likeness (QED) is 0.592. The minimum atomic E-state index is -0.364. The standard InChI is InChI=1S/C14H19BrN2O4/c1-20-9-8-17(7-6-12(18)21-2)14(19)10-4-3-5-11(16)13(10)15/h3-5H,6-9,16H2,1-2H3. The van der Waals surface area contributed by atoms with Crippen LogP contribution in [0.3, 0.4) is 0 Å². The van der Waals surface area contributed by atoms with E-state index in [9.17, 15) is 9.59 Å². The summed E-state index contributed by atoms with van der Waals surface area (Å²) in [5, 5.41) is 0. The first-order valence-corrected chi connectivity index (χ1v) is 7.19. The zero-order valence-corrected chi connectivity index (χ0v) is 13.7. The number of hydrogen-bond acceptors (Lipinski definition) is 5. The van der Waals surface area contributed by atoms with E-state index in [1.807, 2.05) is 0 Å². The molecule has 6 nitrogen and oxygen atoms in total. The van der Waals surface area contributed by atoms with Gasteiger partial charge >= 0.3 is 5.97 Å². The van der Waals surface area contributed by atoms with Gasteiger partial charge in [0, 0.05) is 25.9 Å². The number of rotatable bonds is 7. The van der Waals surface area contributed by atoms with Gasteiger partial charge in [-0.3, -0.25) is 9.59 Å². The Labute approximate surface area is 132 Å². The summed E-state index contributed by atoms with van der Waals surface area (Å²) in [6.45, 7) is 1.02. The maximum absolute atomic E-state index is 12.6. The molecule has 0 aromatic heterocycles. The average Bonchev–Trinajstić information content (AvgIpc) is 2.49. The van der Waals surface area contributed by atoms with E-state index >= 15 is 0 Å². The molecule has 7 heteroatoms. The molecule has 0 radical (unpaired) electrons. The predicted molar refractivity (Wildman–Crippen MR) is 83.0 cm³/mol. The summed E-state index contributed by atoms with van der Waals surface area (Å²) in [5.74, 6) is -0.577. The number of ether oxygens (including phenoxy) is 2. The van der Waals surface area contributed by atoms with Crippen molar-refractivity contribution in [2.75, 3.05) is 39.6 Å². The second kappa shape index (κ2) is 8.63. The Balaban J connectivity index is 2.88. The van der Waals surface area contributed by atoms with E-state index in [0.29, 0.717) is 28.9 Å². The van der Waals surface area contributed by atoms with E-state index in [1.54, 1.807) is 30.2 Å². The van der Waals surface area contributed by atoms with Crippen LogP contribution in [0.2, 0.25) is 0 Å². The summed E-state index contributed by atoms with van der Waals surface area (Å²) in [5.41, 5.74) is 6.73. The maximum Gasteiger partial charge on any atom is 0.307 e. The topological polar surface area (TPSA) is 81.9 Å². The molecular formula is C14H19BrN2O4. The second-order valence-electron chi connectivity index (χ2n) is 4.32. The highest BCUT2D eigenvalue weighted by molar-refractivity contribution is 9.10. The van der Waals surface area contributed by atoms with Crippen LogP contribution < -0.4 is 5.73 Å². The lowest BCUT2D eigenvalue weighted by molar-refractivity contribution is -0.140. The van der Waals surface area contributed by atoms with Gasteiger partial charge in [-0.2, -0.15) is 0 Å². The minimum Gasteiger partial charge on any atom is -0.469 e. The number of halogens is 1. The fourth-order valence-electron chi connectivity index (χ4n) is 1.73. The number of nitrogens with two attached hydrogens (primary N) is 1. The number of methoxy groups -OCH3 is 2. The zero-order valence-electron chi connectivity index (χ0n) is 12.1. The third-order valence-electron chi connectivity index (χ3n) is 2.93. The first-order valence-electron chi connectivity index (χ1n) is 6.40. The first-order chi connectivity index (χ1) is 10.0. The minimum absolute atomic E-state index is 0.131. The Morgan fingerprint density at radius 2 is 2.00 bits per heavy atom. The largest absolute Gasteiger partial charge is 0.469 e. The van der Waals surface area contributed by atoms with Gasteiger partial charge in [0.25, 0.3) is 5.91 Å². The van der Waals surface area contributed by atoms with Crippen molar-refractivity contribution in [1.82, 2.24) is 4.90 Å². The van der Waals surface area contributed by atoms with Crippen LogP contribution in [-0.4, -0.2) is 50.7 Å². The summed E-state index contributed by atoms with van der Waals surface area (Å²) < 4.78 is 10.1. The van der Waals surface area contributed by atoms with E-state index in [4.69, 9.17) is 10.5 Å². The van der Waals surface area contributed by atoms with Crippen molar-refractivity contribution in [1.29, 1.82) is 0 Å². The molecule has 0 fully saturated rings. The van der Waals surface area contributed by atoms with Crippen molar-refractivity contribution in [3.63, 3.8) is 0 Å². The van der Waals surface area contributed by atoms with Crippen LogP contribution in [0.25, 0.3) is 0 Å². The van der Waals surface area contributed by atoms with Crippen LogP contribution >= 0.6 is 15.9 Å². The lowest BCUT2D eigenvalue weighted by Crippen LogP contribution is -2.36. The molecule has 0 bridgehead atoms. The van der Waals surface area contributed by atoms with Gasteiger partial charge in [0.15, 0.2) is 0 Å². The summed E-state index contributed by atoms with van der Waals surface area (Å²) in [6, 6.07) is 5.09. The third-order valence-corrected chi connectivity index (χ3v) is 3.81. The van der Waals surface area contributed by atoms with Crippen LogP contribution in [0.15, 0.2) is 22.7 Å². The molecule has 21 heavy (non-hydrogen) atoms. The van der Waals surface area contributed by atoms with Gasteiger partial charge in [-0.15, -0.1) is 0 Å². The molecule has 0 unspecified atom stereocenters. The van der Waals surface area contributed by atoms with Gasteiger partial charge < -0.3 is 20.1 Å². The molecule has 116 valence electrons. The van der Waals surface area contributed by atoms with Crippen molar-refractivity contribution >= 4 is 33.5 Å². The molecule has 0 spiro atoms. The summed E-state index contributed by atoms with van der Waals surface area (Å²) in [7, 11) is 2.87. The lowest BCUT2D eigenvalue weighted by atomic mass is 10.1. The molecule has 0 saturated carbocycles. The number of esters is 1. The molecular weight excluding hydrogens is 340 g/mol. The SMILES string of the molecule is COCCN(CCC(=O)OC)C(=O)c1cccc(N)c1Br. The van der Waals surface area contributed by atoms with Gasteiger partial charge in [-0.25, -0.2) is 0 Å². The Kier molecular flexibility index (Phi) is 7.18. The van der Waals surface area contributed by atoms with Crippen LogP contribution in [0.4, 0.5) is 5.69 Å². The molecule has 1 aromatic rings. The molecule has 0 aliphatic heterocycles. The number of carbonyl (C=O) groups is 2. The molecule has 0 aliphatic rings. The number of carbonyl (C=O) groups excluding carboxylic acids is 2.